The maximum absolute atomic E-state index is 13.5. The zero-order valence-electron chi connectivity index (χ0n) is 17.3. The van der Waals surface area contributed by atoms with Crippen LogP contribution in [0.5, 0.6) is 0 Å². The van der Waals surface area contributed by atoms with Crippen molar-refractivity contribution in [3.8, 4) is 0 Å². The van der Waals surface area contributed by atoms with Crippen LogP contribution in [0.25, 0.3) is 0 Å². The molecule has 31 heavy (non-hydrogen) atoms. The van der Waals surface area contributed by atoms with Crippen LogP contribution in [0.15, 0.2) is 24.3 Å². The smallest absolute Gasteiger partial charge is 0.475 e. The predicted molar refractivity (Wildman–Crippen MR) is 106 cm³/mol. The van der Waals surface area contributed by atoms with Gasteiger partial charge in [0.1, 0.15) is 5.82 Å². The molecule has 1 unspecified atom stereocenters. The number of halogens is 4. The summed E-state index contributed by atoms with van der Waals surface area (Å²) in [4.78, 5) is 26.1. The van der Waals surface area contributed by atoms with Gasteiger partial charge in [0.2, 0.25) is 5.91 Å². The summed E-state index contributed by atoms with van der Waals surface area (Å²) in [6.07, 6.45) is 2.66. The van der Waals surface area contributed by atoms with Crippen molar-refractivity contribution in [2.24, 2.45) is 5.92 Å². The lowest BCUT2D eigenvalue weighted by Gasteiger charge is -2.38. The first kappa shape index (κ1) is 23.5. The van der Waals surface area contributed by atoms with Gasteiger partial charge in [0.25, 0.3) is 0 Å². The van der Waals surface area contributed by atoms with Gasteiger partial charge in [0.05, 0.1) is 0 Å². The average Bonchev–Trinajstić information content (AvgIpc) is 3.48. The number of hydrogen-bond donors (Lipinski definition) is 1. The summed E-state index contributed by atoms with van der Waals surface area (Å²) in [6, 6.07) is 6.70. The molecule has 2 aliphatic heterocycles. The summed E-state index contributed by atoms with van der Waals surface area (Å²) in [7, 11) is 0. The van der Waals surface area contributed by atoms with Crippen LogP contribution in [-0.4, -0.2) is 58.1 Å². The molecule has 0 bridgehead atoms. The number of carboxylic acid groups (broad SMARTS) is 1. The average molecular weight is 444 g/mol. The molecular weight excluding hydrogens is 416 g/mol. The topological polar surface area (TPSA) is 60.9 Å². The molecule has 1 saturated carbocycles. The van der Waals surface area contributed by atoms with Crippen LogP contribution in [0.2, 0.25) is 0 Å². The van der Waals surface area contributed by atoms with Gasteiger partial charge in [-0.05, 0) is 68.7 Å². The molecule has 3 aliphatic rings. The normalized spacial score (nSPS) is 24.6. The van der Waals surface area contributed by atoms with Crippen molar-refractivity contribution < 1.29 is 32.3 Å². The Morgan fingerprint density at radius 2 is 1.87 bits per heavy atom. The first-order valence-corrected chi connectivity index (χ1v) is 10.7. The second kappa shape index (κ2) is 9.54. The predicted octanol–water partition coefficient (Wildman–Crippen LogP) is 4.22. The molecule has 1 atom stereocenters. The van der Waals surface area contributed by atoms with E-state index in [1.807, 2.05) is 6.07 Å². The number of likely N-dealkylation sites (tertiary alicyclic amines) is 2. The van der Waals surface area contributed by atoms with Crippen molar-refractivity contribution in [2.75, 3.05) is 19.6 Å². The van der Waals surface area contributed by atoms with Gasteiger partial charge in [0, 0.05) is 31.6 Å². The summed E-state index contributed by atoms with van der Waals surface area (Å²) < 4.78 is 45.2. The molecule has 0 radical (unpaired) electrons. The number of hydrogen-bond acceptors (Lipinski definition) is 3. The second-order valence-electron chi connectivity index (χ2n) is 8.73. The van der Waals surface area contributed by atoms with Crippen LogP contribution < -0.4 is 0 Å². The molecule has 2 heterocycles. The molecule has 1 aromatic rings. The molecule has 5 nitrogen and oxygen atoms in total. The van der Waals surface area contributed by atoms with Gasteiger partial charge in [-0.2, -0.15) is 13.2 Å². The molecule has 1 amide bonds. The summed E-state index contributed by atoms with van der Waals surface area (Å²) in [5, 5.41) is 7.12. The Kier molecular flexibility index (Phi) is 7.24. The zero-order chi connectivity index (χ0) is 22.6. The van der Waals surface area contributed by atoms with E-state index in [9.17, 15) is 22.4 Å². The number of alkyl halides is 3. The third-order valence-corrected chi connectivity index (χ3v) is 6.37. The molecular formula is C22H28F4N2O3. The van der Waals surface area contributed by atoms with Gasteiger partial charge < -0.3 is 14.9 Å². The minimum absolute atomic E-state index is 0.00169. The van der Waals surface area contributed by atoms with E-state index < -0.39 is 12.1 Å². The lowest BCUT2D eigenvalue weighted by atomic mass is 9.87. The molecule has 0 aromatic heterocycles. The maximum atomic E-state index is 13.5. The van der Waals surface area contributed by atoms with E-state index in [-0.39, 0.29) is 17.3 Å². The van der Waals surface area contributed by atoms with E-state index in [0.717, 1.165) is 37.3 Å². The fourth-order valence-corrected chi connectivity index (χ4v) is 4.55. The van der Waals surface area contributed by atoms with Gasteiger partial charge in [0.15, 0.2) is 0 Å². The Bertz CT molecular complexity index is 797. The largest absolute Gasteiger partial charge is 0.490 e. The monoisotopic (exact) mass is 444 g/mol. The van der Waals surface area contributed by atoms with Gasteiger partial charge >= 0.3 is 12.1 Å². The minimum Gasteiger partial charge on any atom is -0.475 e. The van der Waals surface area contributed by atoms with Gasteiger partial charge in [-0.3, -0.25) is 4.79 Å². The highest BCUT2D eigenvalue weighted by molar-refractivity contribution is 5.79. The highest BCUT2D eigenvalue weighted by Gasteiger charge is 2.45. The molecule has 172 valence electrons. The van der Waals surface area contributed by atoms with Crippen molar-refractivity contribution >= 4 is 11.9 Å². The van der Waals surface area contributed by atoms with Gasteiger partial charge in [-0.1, -0.05) is 12.1 Å². The van der Waals surface area contributed by atoms with E-state index in [0.29, 0.717) is 13.0 Å². The lowest BCUT2D eigenvalue weighted by Crippen LogP contribution is -2.46. The van der Waals surface area contributed by atoms with Crippen LogP contribution in [0.4, 0.5) is 17.6 Å². The summed E-state index contributed by atoms with van der Waals surface area (Å²) in [5.74, 6) is -1.81. The van der Waals surface area contributed by atoms with Crippen molar-refractivity contribution in [2.45, 2.75) is 63.2 Å². The van der Waals surface area contributed by atoms with Crippen LogP contribution in [0, 0.1) is 11.7 Å². The Morgan fingerprint density at radius 1 is 1.16 bits per heavy atom. The highest BCUT2D eigenvalue weighted by atomic mass is 19.4. The number of nitrogens with zero attached hydrogens (tertiary/aromatic N) is 2. The SMILES string of the molecule is O=C(O)C(F)(F)F.O=C1CCC2(CCCN(CC3CC3)CC2)N1Cc1cccc(F)c1. The fourth-order valence-electron chi connectivity index (χ4n) is 4.55. The van der Waals surface area contributed by atoms with Crippen molar-refractivity contribution in [3.05, 3.63) is 35.6 Å². The first-order valence-electron chi connectivity index (χ1n) is 10.7. The number of benzene rings is 1. The molecule has 1 N–H and O–H groups in total. The van der Waals surface area contributed by atoms with Crippen LogP contribution in [-0.2, 0) is 16.1 Å². The Labute approximate surface area is 179 Å². The summed E-state index contributed by atoms with van der Waals surface area (Å²) in [6.45, 7) is 4.07. The lowest BCUT2D eigenvalue weighted by molar-refractivity contribution is -0.192. The Hall–Kier alpha value is -2.16. The molecule has 3 fully saturated rings. The van der Waals surface area contributed by atoms with Crippen molar-refractivity contribution in [1.29, 1.82) is 0 Å². The van der Waals surface area contributed by atoms with Crippen LogP contribution >= 0.6 is 0 Å². The van der Waals surface area contributed by atoms with Crippen LogP contribution in [0.3, 0.4) is 0 Å². The van der Waals surface area contributed by atoms with E-state index in [1.165, 1.54) is 38.4 Å². The van der Waals surface area contributed by atoms with Gasteiger partial charge in [-0.15, -0.1) is 0 Å². The quantitative estimate of drug-likeness (QED) is 0.707. The van der Waals surface area contributed by atoms with E-state index in [4.69, 9.17) is 9.90 Å². The second-order valence-corrected chi connectivity index (χ2v) is 8.73. The van der Waals surface area contributed by atoms with Crippen LogP contribution in [0.1, 0.15) is 50.5 Å². The third-order valence-electron chi connectivity index (χ3n) is 6.37. The third kappa shape index (κ3) is 6.41. The molecule has 1 aliphatic carbocycles. The van der Waals surface area contributed by atoms with Gasteiger partial charge in [-0.25, -0.2) is 9.18 Å². The molecule has 4 rings (SSSR count). The maximum Gasteiger partial charge on any atom is 0.490 e. The molecule has 2 saturated heterocycles. The highest BCUT2D eigenvalue weighted by Crippen LogP contribution is 2.41. The standard InChI is InChI=1S/C20H27FN2O.C2HF3O2/c21-18-4-1-3-17(13-18)15-23-19(24)7-9-20(23)8-2-11-22(12-10-20)14-16-5-6-16;3-2(4,5)1(6)7/h1,3-4,13,16H,2,5-12,14-15H2;(H,6,7). The zero-order valence-corrected chi connectivity index (χ0v) is 17.3. The first-order chi connectivity index (χ1) is 14.6. The van der Waals surface area contributed by atoms with E-state index >= 15 is 0 Å². The molecule has 1 spiro atoms. The Morgan fingerprint density at radius 3 is 2.48 bits per heavy atom. The number of carboxylic acids is 1. The van der Waals surface area contributed by atoms with Crippen molar-refractivity contribution in [1.82, 2.24) is 9.80 Å². The van der Waals surface area contributed by atoms with Crippen molar-refractivity contribution in [3.63, 3.8) is 0 Å². The molecule has 1 aromatic carbocycles. The number of carbonyl (C=O) groups excluding carboxylic acids is 1. The fraction of sp³-hybridized carbons (Fsp3) is 0.636. The summed E-state index contributed by atoms with van der Waals surface area (Å²) in [5.41, 5.74) is 0.908. The number of rotatable bonds is 4. The molecule has 9 heteroatoms. The minimum atomic E-state index is -5.08. The number of carbonyl (C=O) groups is 2. The number of aliphatic carboxylic acids is 1. The number of amides is 1. The summed E-state index contributed by atoms with van der Waals surface area (Å²) >= 11 is 0. The Balaban J connectivity index is 0.000000339. The van der Waals surface area contributed by atoms with E-state index in [1.54, 1.807) is 12.1 Å². The van der Waals surface area contributed by atoms with E-state index in [2.05, 4.69) is 9.80 Å².